The van der Waals surface area contributed by atoms with E-state index in [-0.39, 0.29) is 0 Å². The first-order chi connectivity index (χ1) is 11.0. The number of anilines is 1. The molecule has 0 aromatic heterocycles. The Morgan fingerprint density at radius 1 is 1.26 bits per heavy atom. The van der Waals surface area contributed by atoms with Crippen molar-refractivity contribution < 1.29 is 0 Å². The van der Waals surface area contributed by atoms with Gasteiger partial charge in [0.05, 0.1) is 5.69 Å². The maximum Gasteiger partial charge on any atom is 0.219 e. The number of guanidine groups is 1. The smallest absolute Gasteiger partial charge is 0.219 e. The monoisotopic (exact) mass is 366 g/mol. The molecular formula is C16H19ClN4S2. The van der Waals surface area contributed by atoms with E-state index in [0.717, 1.165) is 26.7 Å². The van der Waals surface area contributed by atoms with Crippen molar-refractivity contribution in [3.05, 3.63) is 48.0 Å². The van der Waals surface area contributed by atoms with Crippen LogP contribution in [0.2, 0.25) is 0 Å². The van der Waals surface area contributed by atoms with Crippen LogP contribution in [-0.4, -0.2) is 19.3 Å². The maximum atomic E-state index is 5.64. The first-order valence-electron chi connectivity index (χ1n) is 6.93. The molecule has 0 unspecified atom stereocenters. The average Bonchev–Trinajstić information content (AvgIpc) is 2.55. The Bertz CT molecular complexity index is 706. The molecule has 0 aliphatic rings. The Morgan fingerprint density at radius 3 is 2.70 bits per heavy atom. The third-order valence-corrected chi connectivity index (χ3v) is 4.43. The topological polar surface area (TPSA) is 39.7 Å². The van der Waals surface area contributed by atoms with Gasteiger partial charge in [-0.25, -0.2) is 4.99 Å². The summed E-state index contributed by atoms with van der Waals surface area (Å²) in [7, 11) is 1.91. The minimum atomic E-state index is 0.584. The number of hydrogen-bond donors (Lipinski definition) is 3. The third kappa shape index (κ3) is 4.81. The largest absolute Gasteiger partial charge is 0.314 e. The molecule has 0 spiro atoms. The number of nitrogens with zero attached hydrogens (tertiary/aromatic N) is 2. The van der Waals surface area contributed by atoms with Crippen LogP contribution in [-0.2, 0) is 0 Å². The van der Waals surface area contributed by atoms with Crippen LogP contribution in [0.25, 0.3) is 0 Å². The Labute approximate surface area is 151 Å². The van der Waals surface area contributed by atoms with Crippen LogP contribution in [0, 0.1) is 6.92 Å². The molecule has 2 rings (SSSR count). The number of aryl methyl sites for hydroxylation is 1. The molecule has 0 saturated carbocycles. The van der Waals surface area contributed by atoms with Gasteiger partial charge in [0.2, 0.25) is 5.96 Å². The highest BCUT2D eigenvalue weighted by molar-refractivity contribution is 7.98. The lowest BCUT2D eigenvalue weighted by atomic mass is 10.2. The molecule has 4 nitrogen and oxygen atoms in total. The van der Waals surface area contributed by atoms with Crippen LogP contribution >= 0.6 is 36.2 Å². The number of thiol groups is 1. The van der Waals surface area contributed by atoms with Crippen molar-refractivity contribution in [2.45, 2.75) is 16.7 Å². The number of benzene rings is 2. The maximum absolute atomic E-state index is 5.64. The summed E-state index contributed by atoms with van der Waals surface area (Å²) in [5.74, 6) is 0.584. The quantitative estimate of drug-likeness (QED) is 0.187. The molecule has 0 saturated heterocycles. The number of aliphatic imine (C=N–C) groups is 1. The Hall–Kier alpha value is -1.34. The van der Waals surface area contributed by atoms with Crippen LogP contribution in [0.15, 0.2) is 57.2 Å². The van der Waals surface area contributed by atoms with E-state index in [1.807, 2.05) is 49.4 Å². The summed E-state index contributed by atoms with van der Waals surface area (Å²) < 4.78 is 0. The minimum Gasteiger partial charge on any atom is -0.314 e. The van der Waals surface area contributed by atoms with Gasteiger partial charge < -0.3 is 4.90 Å². The highest BCUT2D eigenvalue weighted by atomic mass is 35.5. The molecule has 2 aromatic rings. The van der Waals surface area contributed by atoms with Gasteiger partial charge in [0.25, 0.3) is 0 Å². The molecule has 0 heterocycles. The molecule has 2 aromatic carbocycles. The van der Waals surface area contributed by atoms with Crippen LogP contribution in [0.5, 0.6) is 0 Å². The lowest BCUT2D eigenvalue weighted by Crippen LogP contribution is -2.42. The lowest BCUT2D eigenvalue weighted by Gasteiger charge is -2.22. The third-order valence-electron chi connectivity index (χ3n) is 3.34. The van der Waals surface area contributed by atoms with Gasteiger partial charge in [-0.1, -0.05) is 12.1 Å². The number of thioether (sulfide) groups is 1. The highest BCUT2D eigenvalue weighted by Crippen LogP contribution is 2.26. The van der Waals surface area contributed by atoms with E-state index in [4.69, 9.17) is 16.8 Å². The predicted molar refractivity (Wildman–Crippen MR) is 104 cm³/mol. The molecule has 0 aliphatic carbocycles. The fourth-order valence-corrected chi connectivity index (χ4v) is 2.74. The second-order valence-electron chi connectivity index (χ2n) is 4.89. The molecular weight excluding hydrogens is 348 g/mol. The molecule has 122 valence electrons. The summed E-state index contributed by atoms with van der Waals surface area (Å²) in [6.07, 6.45) is 2.04. The first-order valence-corrected chi connectivity index (χ1v) is 8.98. The summed E-state index contributed by atoms with van der Waals surface area (Å²) in [4.78, 5) is 11.1. The molecule has 0 bridgehead atoms. The minimum absolute atomic E-state index is 0.584. The van der Waals surface area contributed by atoms with Crippen molar-refractivity contribution in [3.63, 3.8) is 0 Å². The predicted octanol–water partition coefficient (Wildman–Crippen LogP) is 4.38. The zero-order valence-corrected chi connectivity index (χ0v) is 15.6. The first kappa shape index (κ1) is 18.0. The zero-order chi connectivity index (χ0) is 16.8. The summed E-state index contributed by atoms with van der Waals surface area (Å²) in [5.41, 5.74) is 5.81. The van der Waals surface area contributed by atoms with Gasteiger partial charge in [-0.15, -0.1) is 29.3 Å². The second kappa shape index (κ2) is 8.49. The Kier molecular flexibility index (Phi) is 6.65. The van der Waals surface area contributed by atoms with E-state index in [9.17, 15) is 0 Å². The average molecular weight is 367 g/mol. The van der Waals surface area contributed by atoms with E-state index < -0.39 is 0 Å². The van der Waals surface area contributed by atoms with Gasteiger partial charge in [0, 0.05) is 22.5 Å². The summed E-state index contributed by atoms with van der Waals surface area (Å²) in [6.45, 7) is 2.03. The summed E-state index contributed by atoms with van der Waals surface area (Å²) >= 11 is 11.7. The molecule has 7 heteroatoms. The van der Waals surface area contributed by atoms with Crippen molar-refractivity contribution in [2.75, 3.05) is 18.2 Å². The summed E-state index contributed by atoms with van der Waals surface area (Å²) in [6, 6.07) is 14.0. The normalized spacial score (nSPS) is 11.4. The zero-order valence-electron chi connectivity index (χ0n) is 13.2. The number of hydrazine groups is 1. The highest BCUT2D eigenvalue weighted by Gasteiger charge is 2.10. The van der Waals surface area contributed by atoms with Gasteiger partial charge in [-0.05, 0) is 60.9 Å². The van der Waals surface area contributed by atoms with Gasteiger partial charge in [0.1, 0.15) is 0 Å². The van der Waals surface area contributed by atoms with E-state index >= 15 is 0 Å². The van der Waals surface area contributed by atoms with E-state index in [2.05, 4.69) is 41.2 Å². The molecule has 0 amide bonds. The molecule has 0 aliphatic heterocycles. The SMILES string of the molecule is CSc1ccc(C)c(N=C(NNCl)N(C)c2cccc(S)c2)c1. The van der Waals surface area contributed by atoms with Crippen molar-refractivity contribution in [2.24, 2.45) is 4.99 Å². The number of hydrogen-bond acceptors (Lipinski definition) is 4. The Balaban J connectivity index is 2.41. The van der Waals surface area contributed by atoms with E-state index in [1.165, 1.54) is 0 Å². The van der Waals surface area contributed by atoms with Gasteiger partial charge in [-0.3, -0.25) is 5.43 Å². The molecule has 0 radical (unpaired) electrons. The molecule has 0 fully saturated rings. The van der Waals surface area contributed by atoms with Crippen molar-refractivity contribution >= 4 is 53.5 Å². The van der Waals surface area contributed by atoms with E-state index in [1.54, 1.807) is 11.8 Å². The second-order valence-corrected chi connectivity index (χ2v) is 6.47. The lowest BCUT2D eigenvalue weighted by molar-refractivity contribution is 0.883. The van der Waals surface area contributed by atoms with E-state index in [0.29, 0.717) is 5.96 Å². The van der Waals surface area contributed by atoms with Crippen molar-refractivity contribution in [3.8, 4) is 0 Å². The standard InChI is InChI=1S/C16H19ClN4S2/c1-11-7-8-14(23-3)10-15(11)18-16(19-20-17)21(2)12-5-4-6-13(22)9-12/h4-10,20,22H,1-3H3,(H,18,19). The van der Waals surface area contributed by atoms with Crippen LogP contribution in [0.3, 0.4) is 0 Å². The van der Waals surface area contributed by atoms with Crippen molar-refractivity contribution in [1.82, 2.24) is 10.4 Å². The fraction of sp³-hybridized carbons (Fsp3) is 0.188. The number of rotatable bonds is 4. The van der Waals surface area contributed by atoms with Crippen LogP contribution in [0.1, 0.15) is 5.56 Å². The molecule has 23 heavy (non-hydrogen) atoms. The van der Waals surface area contributed by atoms with Crippen LogP contribution in [0.4, 0.5) is 11.4 Å². The molecule has 2 N–H and O–H groups in total. The number of halogens is 1. The summed E-state index contributed by atoms with van der Waals surface area (Å²) in [5, 5.41) is 0. The van der Waals surface area contributed by atoms with Crippen LogP contribution < -0.4 is 15.3 Å². The van der Waals surface area contributed by atoms with Gasteiger partial charge >= 0.3 is 0 Å². The van der Waals surface area contributed by atoms with Crippen molar-refractivity contribution in [1.29, 1.82) is 0 Å². The Morgan fingerprint density at radius 2 is 2.04 bits per heavy atom. The van der Waals surface area contributed by atoms with Gasteiger partial charge in [-0.2, -0.15) is 0 Å². The fourth-order valence-electron chi connectivity index (χ4n) is 2.00. The molecule has 0 atom stereocenters. The number of nitrogens with one attached hydrogen (secondary N) is 2. The van der Waals surface area contributed by atoms with Gasteiger partial charge in [0.15, 0.2) is 0 Å².